The van der Waals surface area contributed by atoms with Gasteiger partial charge in [0, 0.05) is 18.7 Å². The summed E-state index contributed by atoms with van der Waals surface area (Å²) in [4.78, 5) is 10.6. The summed E-state index contributed by atoms with van der Waals surface area (Å²) in [5, 5.41) is 13.1. The van der Waals surface area contributed by atoms with Gasteiger partial charge in [-0.25, -0.2) is 4.68 Å². The fourth-order valence-corrected chi connectivity index (χ4v) is 1.87. The van der Waals surface area contributed by atoms with Crippen LogP contribution in [0.1, 0.15) is 17.7 Å². The first-order chi connectivity index (χ1) is 9.10. The largest absolute Gasteiger partial charge is 0.497 e. The minimum absolute atomic E-state index is 0.116. The Labute approximate surface area is 111 Å². The molecular weight excluding hydrogens is 244 g/mol. The van der Waals surface area contributed by atoms with Crippen LogP contribution in [-0.4, -0.2) is 28.0 Å². The van der Waals surface area contributed by atoms with Crippen molar-refractivity contribution in [3.05, 3.63) is 41.7 Å². The van der Waals surface area contributed by atoms with Gasteiger partial charge in [-0.3, -0.25) is 4.79 Å². The van der Waals surface area contributed by atoms with Gasteiger partial charge in [0.15, 0.2) is 0 Å². The lowest BCUT2D eigenvalue weighted by Gasteiger charge is -2.03. The van der Waals surface area contributed by atoms with Gasteiger partial charge < -0.3 is 9.84 Å². The Kier molecular flexibility index (Phi) is 3.85. The van der Waals surface area contributed by atoms with E-state index in [1.165, 1.54) is 0 Å². The molecule has 0 aliphatic heterocycles. The van der Waals surface area contributed by atoms with Crippen molar-refractivity contribution in [2.75, 3.05) is 7.11 Å². The summed E-state index contributed by atoms with van der Waals surface area (Å²) in [5.41, 5.74) is 2.69. The van der Waals surface area contributed by atoms with Crippen molar-refractivity contribution < 1.29 is 14.6 Å². The highest BCUT2D eigenvalue weighted by molar-refractivity contribution is 5.67. The van der Waals surface area contributed by atoms with E-state index in [1.807, 2.05) is 37.4 Å². The summed E-state index contributed by atoms with van der Waals surface area (Å²) in [6.45, 7) is 1.88. The number of rotatable bonds is 5. The highest BCUT2D eigenvalue weighted by Crippen LogP contribution is 2.18. The minimum Gasteiger partial charge on any atom is -0.497 e. The zero-order valence-corrected chi connectivity index (χ0v) is 11.0. The summed E-state index contributed by atoms with van der Waals surface area (Å²) < 4.78 is 6.92. The smallest absolute Gasteiger partial charge is 0.303 e. The summed E-state index contributed by atoms with van der Waals surface area (Å²) in [6.07, 6.45) is 2.48. The van der Waals surface area contributed by atoms with Crippen LogP contribution in [0, 0.1) is 6.92 Å². The number of hydrogen-bond donors (Lipinski definition) is 1. The maximum absolute atomic E-state index is 10.6. The Morgan fingerprint density at radius 2 is 2.26 bits per heavy atom. The molecule has 0 unspecified atom stereocenters. The topological polar surface area (TPSA) is 64.3 Å². The molecule has 0 spiro atoms. The molecule has 0 aliphatic carbocycles. The third kappa shape index (κ3) is 3.13. The first-order valence-corrected chi connectivity index (χ1v) is 6.01. The minimum atomic E-state index is -0.798. The van der Waals surface area contributed by atoms with Crippen LogP contribution in [0.4, 0.5) is 0 Å². The van der Waals surface area contributed by atoms with E-state index in [0.29, 0.717) is 6.42 Å². The number of carbonyl (C=O) groups is 1. The van der Waals surface area contributed by atoms with Gasteiger partial charge in [-0.05, 0) is 31.0 Å². The molecule has 0 bridgehead atoms. The van der Waals surface area contributed by atoms with E-state index in [1.54, 1.807) is 11.8 Å². The number of benzene rings is 1. The summed E-state index contributed by atoms with van der Waals surface area (Å²) in [5.74, 6) is -0.0359. The molecule has 100 valence electrons. The molecule has 0 fully saturated rings. The van der Waals surface area contributed by atoms with E-state index in [4.69, 9.17) is 9.84 Å². The van der Waals surface area contributed by atoms with Gasteiger partial charge in [-0.2, -0.15) is 5.10 Å². The molecule has 0 saturated heterocycles. The number of hydrogen-bond acceptors (Lipinski definition) is 3. The van der Waals surface area contributed by atoms with E-state index in [9.17, 15) is 4.79 Å². The summed E-state index contributed by atoms with van der Waals surface area (Å²) in [7, 11) is 1.62. The average Bonchev–Trinajstić information content (AvgIpc) is 2.78. The van der Waals surface area contributed by atoms with Crippen molar-refractivity contribution in [2.45, 2.75) is 19.8 Å². The van der Waals surface area contributed by atoms with Gasteiger partial charge in [-0.1, -0.05) is 6.07 Å². The van der Waals surface area contributed by atoms with Gasteiger partial charge >= 0.3 is 5.97 Å². The van der Waals surface area contributed by atoms with Crippen molar-refractivity contribution in [1.82, 2.24) is 9.78 Å². The fourth-order valence-electron chi connectivity index (χ4n) is 1.87. The molecular formula is C14H16N2O3. The molecule has 2 aromatic rings. The average molecular weight is 260 g/mol. The van der Waals surface area contributed by atoms with Gasteiger partial charge in [0.05, 0.1) is 18.5 Å². The van der Waals surface area contributed by atoms with Gasteiger partial charge in [0.25, 0.3) is 0 Å². The molecule has 1 aromatic heterocycles. The van der Waals surface area contributed by atoms with E-state index in [-0.39, 0.29) is 6.42 Å². The maximum atomic E-state index is 10.6. The molecule has 1 heterocycles. The van der Waals surface area contributed by atoms with E-state index < -0.39 is 5.97 Å². The molecule has 0 atom stereocenters. The molecule has 19 heavy (non-hydrogen) atoms. The number of ether oxygens (including phenoxy) is 1. The Hall–Kier alpha value is -2.30. The predicted molar refractivity (Wildman–Crippen MR) is 70.8 cm³/mol. The number of methoxy groups -OCH3 is 1. The summed E-state index contributed by atoms with van der Waals surface area (Å²) >= 11 is 0. The number of aromatic nitrogens is 2. The van der Waals surface area contributed by atoms with Crippen molar-refractivity contribution in [3.63, 3.8) is 0 Å². The monoisotopic (exact) mass is 260 g/mol. The van der Waals surface area contributed by atoms with Crippen LogP contribution in [0.15, 0.2) is 30.5 Å². The third-order valence-electron chi connectivity index (χ3n) is 2.93. The van der Waals surface area contributed by atoms with Crippen LogP contribution >= 0.6 is 0 Å². The Balaban J connectivity index is 2.25. The number of carboxylic acids is 1. The van der Waals surface area contributed by atoms with Crippen molar-refractivity contribution in [2.24, 2.45) is 0 Å². The zero-order chi connectivity index (χ0) is 13.8. The number of carboxylic acid groups (broad SMARTS) is 1. The van der Waals surface area contributed by atoms with E-state index >= 15 is 0 Å². The van der Waals surface area contributed by atoms with Crippen LogP contribution in [0.3, 0.4) is 0 Å². The van der Waals surface area contributed by atoms with Crippen LogP contribution in [0.2, 0.25) is 0 Å². The van der Waals surface area contributed by atoms with Gasteiger partial charge in [0.1, 0.15) is 5.75 Å². The number of aliphatic carboxylic acids is 1. The van der Waals surface area contributed by atoms with Crippen molar-refractivity contribution in [3.8, 4) is 11.4 Å². The number of nitrogens with zero attached hydrogens (tertiary/aromatic N) is 2. The lowest BCUT2D eigenvalue weighted by Crippen LogP contribution is -1.97. The highest BCUT2D eigenvalue weighted by Gasteiger charge is 2.08. The molecule has 1 N–H and O–H groups in total. The van der Waals surface area contributed by atoms with Crippen molar-refractivity contribution >= 4 is 5.97 Å². The lowest BCUT2D eigenvalue weighted by atomic mass is 10.1. The third-order valence-corrected chi connectivity index (χ3v) is 2.93. The quantitative estimate of drug-likeness (QED) is 0.895. The Morgan fingerprint density at radius 3 is 2.95 bits per heavy atom. The Bertz CT molecular complexity index is 590. The second-order valence-corrected chi connectivity index (χ2v) is 4.28. The van der Waals surface area contributed by atoms with Crippen LogP contribution in [0.5, 0.6) is 5.75 Å². The summed E-state index contributed by atoms with van der Waals surface area (Å²) in [6, 6.07) is 7.57. The molecule has 0 amide bonds. The van der Waals surface area contributed by atoms with Crippen LogP contribution in [-0.2, 0) is 11.2 Å². The molecule has 2 rings (SSSR count). The SMILES string of the molecule is COc1cccc(-n2cc(CCC(=O)O)c(C)n2)c1. The molecule has 0 radical (unpaired) electrons. The molecule has 1 aromatic carbocycles. The highest BCUT2D eigenvalue weighted by atomic mass is 16.5. The molecule has 0 aliphatic rings. The van der Waals surface area contributed by atoms with E-state index in [0.717, 1.165) is 22.7 Å². The second kappa shape index (κ2) is 5.56. The van der Waals surface area contributed by atoms with Crippen LogP contribution in [0.25, 0.3) is 5.69 Å². The zero-order valence-electron chi connectivity index (χ0n) is 11.0. The van der Waals surface area contributed by atoms with E-state index in [2.05, 4.69) is 5.10 Å². The predicted octanol–water partition coefficient (Wildman–Crippen LogP) is 2.21. The fraction of sp³-hybridized carbons (Fsp3) is 0.286. The first-order valence-electron chi connectivity index (χ1n) is 6.01. The molecule has 5 nitrogen and oxygen atoms in total. The normalized spacial score (nSPS) is 10.4. The van der Waals surface area contributed by atoms with Crippen LogP contribution < -0.4 is 4.74 Å². The Morgan fingerprint density at radius 1 is 1.47 bits per heavy atom. The van der Waals surface area contributed by atoms with Gasteiger partial charge in [-0.15, -0.1) is 0 Å². The van der Waals surface area contributed by atoms with Gasteiger partial charge in [0.2, 0.25) is 0 Å². The number of aryl methyl sites for hydroxylation is 2. The second-order valence-electron chi connectivity index (χ2n) is 4.28. The van der Waals surface area contributed by atoms with Crippen molar-refractivity contribution in [1.29, 1.82) is 0 Å². The standard InChI is InChI=1S/C14H16N2O3/c1-10-11(6-7-14(17)18)9-16(15-10)12-4-3-5-13(8-12)19-2/h3-5,8-9H,6-7H2,1-2H3,(H,17,18). The first kappa shape index (κ1) is 13.1. The maximum Gasteiger partial charge on any atom is 0.303 e. The molecule has 0 saturated carbocycles. The lowest BCUT2D eigenvalue weighted by molar-refractivity contribution is -0.136. The molecule has 5 heteroatoms.